The molecule has 0 amide bonds. The number of aromatic nitrogens is 1. The minimum atomic E-state index is 0.00660. The zero-order valence-corrected chi connectivity index (χ0v) is 14.3. The van der Waals surface area contributed by atoms with Gasteiger partial charge in [-0.1, -0.05) is 41.4 Å². The molecular weight excluding hydrogens is 358 g/mol. The largest absolute Gasteiger partial charge is 0.293 e. The molecule has 0 fully saturated rings. The Morgan fingerprint density at radius 1 is 1.35 bits per heavy atom. The van der Waals surface area contributed by atoms with E-state index in [0.717, 1.165) is 32.0 Å². The van der Waals surface area contributed by atoms with Gasteiger partial charge in [0.25, 0.3) is 0 Å². The van der Waals surface area contributed by atoms with Crippen molar-refractivity contribution in [2.45, 2.75) is 26.7 Å². The molecule has 0 bridgehead atoms. The summed E-state index contributed by atoms with van der Waals surface area (Å²) < 4.78 is 0.905. The number of benzene rings is 1. The van der Waals surface area contributed by atoms with Gasteiger partial charge in [-0.05, 0) is 30.0 Å². The number of hydrogen-bond acceptors (Lipinski definition) is 3. The average Bonchev–Trinajstić information content (AvgIpc) is 2.70. The lowest BCUT2D eigenvalue weighted by molar-refractivity contribution is 0.0916. The zero-order chi connectivity index (χ0) is 14.5. The van der Waals surface area contributed by atoms with Crippen molar-refractivity contribution in [3.63, 3.8) is 0 Å². The fourth-order valence-corrected chi connectivity index (χ4v) is 4.56. The van der Waals surface area contributed by atoms with Gasteiger partial charge in [0.15, 0.2) is 5.78 Å². The summed E-state index contributed by atoms with van der Waals surface area (Å²) in [4.78, 5) is 17.7. The highest BCUT2D eigenvalue weighted by atomic mass is 79.9. The Hall–Kier alpha value is -0.710. The summed E-state index contributed by atoms with van der Waals surface area (Å²) in [6, 6.07) is 5.63. The fourth-order valence-electron chi connectivity index (χ4n) is 2.50. The van der Waals surface area contributed by atoms with Crippen molar-refractivity contribution in [2.24, 2.45) is 5.41 Å². The lowest BCUT2D eigenvalue weighted by atomic mass is 9.78. The van der Waals surface area contributed by atoms with Gasteiger partial charge in [0.1, 0.15) is 5.01 Å². The van der Waals surface area contributed by atoms with Crippen LogP contribution in [0.2, 0.25) is 5.02 Å². The molecule has 0 unspecified atom stereocenters. The predicted molar refractivity (Wildman–Crippen MR) is 86.7 cm³/mol. The first kappa shape index (κ1) is 14.2. The Balaban J connectivity index is 2.08. The van der Waals surface area contributed by atoms with Crippen LogP contribution in [0.1, 0.15) is 35.6 Å². The molecule has 0 saturated carbocycles. The number of carbonyl (C=O) groups is 1. The number of fused-ring (bicyclic) bond motifs is 1. The number of thiazole rings is 1. The Kier molecular flexibility index (Phi) is 3.51. The molecule has 1 aromatic carbocycles. The molecule has 0 aliphatic heterocycles. The van der Waals surface area contributed by atoms with Crippen LogP contribution in [0.25, 0.3) is 10.6 Å². The number of hydrogen-bond donors (Lipinski definition) is 0. The summed E-state index contributed by atoms with van der Waals surface area (Å²) in [6.07, 6.45) is 1.46. The van der Waals surface area contributed by atoms with Gasteiger partial charge in [0.05, 0.1) is 10.6 Å². The molecule has 0 spiro atoms. The smallest absolute Gasteiger partial charge is 0.175 e. The molecule has 0 saturated heterocycles. The molecule has 1 aromatic heterocycles. The Morgan fingerprint density at radius 3 is 2.80 bits per heavy atom. The topological polar surface area (TPSA) is 30.0 Å². The maximum Gasteiger partial charge on any atom is 0.175 e. The van der Waals surface area contributed by atoms with Crippen molar-refractivity contribution in [1.82, 2.24) is 4.98 Å². The molecule has 1 heterocycles. The van der Waals surface area contributed by atoms with Gasteiger partial charge < -0.3 is 0 Å². The molecular formula is C15H13BrClNOS. The highest BCUT2D eigenvalue weighted by Gasteiger charge is 2.34. The number of halogens is 2. The van der Waals surface area contributed by atoms with Crippen LogP contribution in [0.3, 0.4) is 0 Å². The molecule has 0 N–H and O–H groups in total. The second kappa shape index (κ2) is 4.93. The molecule has 5 heteroatoms. The number of ketones is 1. The third-order valence-electron chi connectivity index (χ3n) is 3.40. The normalized spacial score (nSPS) is 17.1. The first-order valence-electron chi connectivity index (χ1n) is 6.34. The highest BCUT2D eigenvalue weighted by Crippen LogP contribution is 2.41. The molecule has 104 valence electrons. The Bertz CT molecular complexity index is 708. The zero-order valence-electron chi connectivity index (χ0n) is 11.2. The third-order valence-corrected chi connectivity index (χ3v) is 5.46. The van der Waals surface area contributed by atoms with Crippen molar-refractivity contribution in [2.75, 3.05) is 0 Å². The summed E-state index contributed by atoms with van der Waals surface area (Å²) >= 11 is 11.0. The minimum absolute atomic E-state index is 0.00660. The third kappa shape index (κ3) is 2.57. The first-order valence-corrected chi connectivity index (χ1v) is 8.33. The number of Topliss-reactive ketones (excluding diaryl/α,β-unsaturated/α-hetero) is 1. The van der Waals surface area contributed by atoms with Crippen molar-refractivity contribution < 1.29 is 4.79 Å². The van der Waals surface area contributed by atoms with Gasteiger partial charge in [-0.15, -0.1) is 11.3 Å². The van der Waals surface area contributed by atoms with Gasteiger partial charge in [-0.25, -0.2) is 4.98 Å². The summed E-state index contributed by atoms with van der Waals surface area (Å²) in [5.41, 5.74) is 1.93. The molecule has 3 rings (SSSR count). The van der Waals surface area contributed by atoms with Crippen LogP contribution >= 0.6 is 38.9 Å². The second-order valence-corrected chi connectivity index (χ2v) is 8.15. The van der Waals surface area contributed by atoms with E-state index in [9.17, 15) is 4.79 Å². The number of nitrogens with zero attached hydrogens (tertiary/aromatic N) is 1. The van der Waals surface area contributed by atoms with E-state index < -0.39 is 0 Å². The van der Waals surface area contributed by atoms with Crippen molar-refractivity contribution in [3.05, 3.63) is 38.3 Å². The van der Waals surface area contributed by atoms with Gasteiger partial charge in [-0.2, -0.15) is 0 Å². The summed E-state index contributed by atoms with van der Waals surface area (Å²) in [5.74, 6) is 0.213. The van der Waals surface area contributed by atoms with Crippen LogP contribution in [0.15, 0.2) is 22.7 Å². The molecule has 0 atom stereocenters. The van der Waals surface area contributed by atoms with E-state index in [1.54, 1.807) is 0 Å². The van der Waals surface area contributed by atoms with E-state index in [-0.39, 0.29) is 11.2 Å². The van der Waals surface area contributed by atoms with E-state index >= 15 is 0 Å². The van der Waals surface area contributed by atoms with Crippen molar-refractivity contribution >= 4 is 44.7 Å². The van der Waals surface area contributed by atoms with E-state index in [1.807, 2.05) is 18.2 Å². The average molecular weight is 371 g/mol. The fraction of sp³-hybridized carbons (Fsp3) is 0.333. The molecule has 1 aliphatic carbocycles. The standard InChI is InChI=1S/C15H13BrClNOS/c1-15(2)6-11-13(12(19)7-15)20-14(18-11)9-4-3-8(17)5-10(9)16/h3-5H,6-7H2,1-2H3. The van der Waals surface area contributed by atoms with Crippen molar-refractivity contribution in [1.29, 1.82) is 0 Å². The van der Waals surface area contributed by atoms with Gasteiger partial charge >= 0.3 is 0 Å². The lowest BCUT2D eigenvalue weighted by Crippen LogP contribution is -2.25. The van der Waals surface area contributed by atoms with Crippen LogP contribution in [-0.2, 0) is 6.42 Å². The predicted octanol–water partition coefficient (Wildman–Crippen LogP) is 5.38. The molecule has 1 aliphatic rings. The monoisotopic (exact) mass is 369 g/mol. The summed E-state index contributed by atoms with van der Waals surface area (Å²) in [5, 5.41) is 1.56. The van der Waals surface area contributed by atoms with Crippen LogP contribution in [0.4, 0.5) is 0 Å². The van der Waals surface area contributed by atoms with E-state index in [0.29, 0.717) is 11.4 Å². The van der Waals surface area contributed by atoms with E-state index in [2.05, 4.69) is 34.8 Å². The van der Waals surface area contributed by atoms with Crippen LogP contribution in [0.5, 0.6) is 0 Å². The molecule has 2 nitrogen and oxygen atoms in total. The molecule has 0 radical (unpaired) electrons. The summed E-state index contributed by atoms with van der Waals surface area (Å²) in [7, 11) is 0. The Morgan fingerprint density at radius 2 is 2.10 bits per heavy atom. The first-order chi connectivity index (χ1) is 9.35. The molecule has 2 aromatic rings. The van der Waals surface area contributed by atoms with Crippen LogP contribution in [0, 0.1) is 5.41 Å². The van der Waals surface area contributed by atoms with E-state index in [1.165, 1.54) is 11.3 Å². The van der Waals surface area contributed by atoms with Crippen molar-refractivity contribution in [3.8, 4) is 10.6 Å². The second-order valence-electron chi connectivity index (χ2n) is 5.86. The van der Waals surface area contributed by atoms with Gasteiger partial charge in [0, 0.05) is 21.5 Å². The minimum Gasteiger partial charge on any atom is -0.293 e. The Labute approximate surface area is 135 Å². The number of rotatable bonds is 1. The maximum atomic E-state index is 12.2. The van der Waals surface area contributed by atoms with Crippen LogP contribution < -0.4 is 0 Å². The SMILES string of the molecule is CC1(C)CC(=O)c2sc(-c3ccc(Cl)cc3Br)nc2C1. The quantitative estimate of drug-likeness (QED) is 0.674. The lowest BCUT2D eigenvalue weighted by Gasteiger charge is -2.26. The summed E-state index contributed by atoms with van der Waals surface area (Å²) in [6.45, 7) is 4.23. The number of carbonyl (C=O) groups excluding carboxylic acids is 1. The highest BCUT2D eigenvalue weighted by molar-refractivity contribution is 9.10. The molecule has 20 heavy (non-hydrogen) atoms. The van der Waals surface area contributed by atoms with Crippen LogP contribution in [-0.4, -0.2) is 10.8 Å². The maximum absolute atomic E-state index is 12.2. The van der Waals surface area contributed by atoms with E-state index in [4.69, 9.17) is 11.6 Å². The van der Waals surface area contributed by atoms with Gasteiger partial charge in [-0.3, -0.25) is 4.79 Å². The van der Waals surface area contributed by atoms with Gasteiger partial charge in [0.2, 0.25) is 0 Å².